The Balaban J connectivity index is 2.47. The lowest BCUT2D eigenvalue weighted by atomic mass is 10.1. The smallest absolute Gasteiger partial charge is 0.112 e. The fourth-order valence-corrected chi connectivity index (χ4v) is 2.46. The molecule has 86 valence electrons. The molecule has 2 heteroatoms. The van der Waals surface area contributed by atoms with Gasteiger partial charge in [-0.2, -0.15) is 0 Å². The van der Waals surface area contributed by atoms with Crippen LogP contribution in [0.1, 0.15) is 25.6 Å². The van der Waals surface area contributed by atoms with Gasteiger partial charge in [-0.1, -0.05) is 44.2 Å². The Morgan fingerprint density at radius 2 is 1.82 bits per heavy atom. The Morgan fingerprint density at radius 3 is 2.59 bits per heavy atom. The molecule has 0 fully saturated rings. The predicted molar refractivity (Wildman–Crippen MR) is 72.3 cm³/mol. The molecule has 17 heavy (non-hydrogen) atoms. The van der Waals surface area contributed by atoms with Crippen LogP contribution in [0, 0.1) is 0 Å². The minimum atomic E-state index is 0.450. The Labute approximate surface area is 101 Å². The van der Waals surface area contributed by atoms with E-state index in [2.05, 4.69) is 61.9 Å². The molecule has 0 amide bonds. The van der Waals surface area contributed by atoms with Gasteiger partial charge >= 0.3 is 0 Å². The normalized spacial score (nSPS) is 11.8. The third kappa shape index (κ3) is 1.44. The molecule has 0 unspecified atom stereocenters. The van der Waals surface area contributed by atoms with Gasteiger partial charge in [-0.3, -0.25) is 0 Å². The number of hydrogen-bond donors (Lipinski definition) is 0. The van der Waals surface area contributed by atoms with Gasteiger partial charge in [0.25, 0.3) is 0 Å². The highest BCUT2D eigenvalue weighted by atomic mass is 15.1. The molecule has 0 radical (unpaired) electrons. The van der Waals surface area contributed by atoms with Crippen LogP contribution in [-0.2, 0) is 7.05 Å². The second-order valence-electron chi connectivity index (χ2n) is 4.84. The number of aromatic nitrogens is 2. The zero-order chi connectivity index (χ0) is 12.0. The number of aryl methyl sites for hydroxylation is 1. The lowest BCUT2D eigenvalue weighted by molar-refractivity contribution is 0.722. The van der Waals surface area contributed by atoms with E-state index in [1.54, 1.807) is 0 Å². The van der Waals surface area contributed by atoms with Gasteiger partial charge in [-0.05, 0) is 11.5 Å². The molecule has 0 N–H and O–H groups in total. The molecule has 0 saturated carbocycles. The summed E-state index contributed by atoms with van der Waals surface area (Å²) in [4.78, 5) is 4.80. The van der Waals surface area contributed by atoms with Crippen LogP contribution in [0.3, 0.4) is 0 Å². The number of nitrogens with zero attached hydrogens (tertiary/aromatic N) is 2. The predicted octanol–water partition coefficient (Wildman–Crippen LogP) is 3.85. The minimum absolute atomic E-state index is 0.450. The highest BCUT2D eigenvalue weighted by Crippen LogP contribution is 2.27. The molecule has 0 aliphatic carbocycles. The number of hydrogen-bond acceptors (Lipinski definition) is 1. The molecular formula is C15H16N2. The van der Waals surface area contributed by atoms with Crippen molar-refractivity contribution in [1.82, 2.24) is 9.55 Å². The molecule has 0 aliphatic heterocycles. The molecule has 1 heterocycles. The summed E-state index contributed by atoms with van der Waals surface area (Å²) in [5, 5.41) is 2.50. The summed E-state index contributed by atoms with van der Waals surface area (Å²) in [6.45, 7) is 4.37. The zero-order valence-corrected chi connectivity index (χ0v) is 10.4. The standard InChI is InChI=1S/C15H16N2/c1-10(2)15-16-14-12-7-5-4-6-11(12)8-9-13(14)17(15)3/h4-10H,1-3H3. The molecular weight excluding hydrogens is 208 g/mol. The lowest BCUT2D eigenvalue weighted by Crippen LogP contribution is -1.99. The monoisotopic (exact) mass is 224 g/mol. The molecule has 1 aromatic heterocycles. The molecule has 0 atom stereocenters. The average Bonchev–Trinajstić information content (AvgIpc) is 2.67. The third-order valence-corrected chi connectivity index (χ3v) is 3.33. The van der Waals surface area contributed by atoms with Crippen LogP contribution in [0.15, 0.2) is 36.4 Å². The van der Waals surface area contributed by atoms with E-state index >= 15 is 0 Å². The molecule has 0 aliphatic rings. The summed E-state index contributed by atoms with van der Waals surface area (Å²) < 4.78 is 2.20. The van der Waals surface area contributed by atoms with Crippen LogP contribution < -0.4 is 0 Å². The second kappa shape index (κ2) is 3.59. The summed E-state index contributed by atoms with van der Waals surface area (Å²) in [5.74, 6) is 1.60. The van der Waals surface area contributed by atoms with Crippen LogP contribution >= 0.6 is 0 Å². The van der Waals surface area contributed by atoms with Crippen molar-refractivity contribution in [2.45, 2.75) is 19.8 Å². The fourth-order valence-electron chi connectivity index (χ4n) is 2.46. The second-order valence-corrected chi connectivity index (χ2v) is 4.84. The van der Waals surface area contributed by atoms with E-state index in [0.29, 0.717) is 5.92 Å². The van der Waals surface area contributed by atoms with Gasteiger partial charge in [0.05, 0.1) is 11.0 Å². The maximum Gasteiger partial charge on any atom is 0.112 e. The van der Waals surface area contributed by atoms with Crippen molar-refractivity contribution in [3.05, 3.63) is 42.2 Å². The maximum atomic E-state index is 4.80. The number of fused-ring (bicyclic) bond motifs is 3. The van der Waals surface area contributed by atoms with E-state index in [0.717, 1.165) is 11.3 Å². The van der Waals surface area contributed by atoms with Gasteiger partial charge in [0.15, 0.2) is 0 Å². The van der Waals surface area contributed by atoms with Crippen molar-refractivity contribution in [3.63, 3.8) is 0 Å². The highest BCUT2D eigenvalue weighted by molar-refractivity contribution is 6.04. The zero-order valence-electron chi connectivity index (χ0n) is 10.4. The Hall–Kier alpha value is -1.83. The van der Waals surface area contributed by atoms with Crippen LogP contribution in [-0.4, -0.2) is 9.55 Å². The van der Waals surface area contributed by atoms with Crippen molar-refractivity contribution in [3.8, 4) is 0 Å². The largest absolute Gasteiger partial charge is 0.331 e. The van der Waals surface area contributed by atoms with E-state index in [4.69, 9.17) is 4.98 Å². The van der Waals surface area contributed by atoms with Crippen LogP contribution in [0.4, 0.5) is 0 Å². The Morgan fingerprint density at radius 1 is 1.06 bits per heavy atom. The van der Waals surface area contributed by atoms with Crippen molar-refractivity contribution in [2.24, 2.45) is 7.05 Å². The van der Waals surface area contributed by atoms with E-state index in [1.165, 1.54) is 16.3 Å². The molecule has 0 spiro atoms. The van der Waals surface area contributed by atoms with Crippen molar-refractivity contribution < 1.29 is 0 Å². The number of imidazole rings is 1. The Bertz CT molecular complexity index is 693. The SMILES string of the molecule is CC(C)c1nc2c3ccccc3ccc2n1C. The van der Waals surface area contributed by atoms with Gasteiger partial charge in [0.2, 0.25) is 0 Å². The lowest BCUT2D eigenvalue weighted by Gasteiger charge is -2.04. The van der Waals surface area contributed by atoms with Crippen molar-refractivity contribution in [2.75, 3.05) is 0 Å². The van der Waals surface area contributed by atoms with E-state index < -0.39 is 0 Å². The topological polar surface area (TPSA) is 17.8 Å². The van der Waals surface area contributed by atoms with Gasteiger partial charge in [0.1, 0.15) is 5.82 Å². The fraction of sp³-hybridized carbons (Fsp3) is 0.267. The summed E-state index contributed by atoms with van der Waals surface area (Å²) in [6.07, 6.45) is 0. The van der Waals surface area contributed by atoms with Gasteiger partial charge in [-0.15, -0.1) is 0 Å². The third-order valence-electron chi connectivity index (χ3n) is 3.33. The summed E-state index contributed by atoms with van der Waals surface area (Å²) in [5.41, 5.74) is 2.33. The molecule has 3 aromatic rings. The summed E-state index contributed by atoms with van der Waals surface area (Å²) in [7, 11) is 2.10. The van der Waals surface area contributed by atoms with Crippen LogP contribution in [0.25, 0.3) is 21.8 Å². The molecule has 3 rings (SSSR count). The van der Waals surface area contributed by atoms with Crippen LogP contribution in [0.5, 0.6) is 0 Å². The van der Waals surface area contributed by atoms with Gasteiger partial charge in [-0.25, -0.2) is 4.98 Å². The van der Waals surface area contributed by atoms with Crippen molar-refractivity contribution in [1.29, 1.82) is 0 Å². The average molecular weight is 224 g/mol. The first-order valence-corrected chi connectivity index (χ1v) is 6.02. The van der Waals surface area contributed by atoms with E-state index in [-0.39, 0.29) is 0 Å². The van der Waals surface area contributed by atoms with Gasteiger partial charge in [0, 0.05) is 18.4 Å². The first-order valence-electron chi connectivity index (χ1n) is 6.02. The minimum Gasteiger partial charge on any atom is -0.331 e. The van der Waals surface area contributed by atoms with Crippen molar-refractivity contribution >= 4 is 21.8 Å². The van der Waals surface area contributed by atoms with E-state index in [1.807, 2.05) is 0 Å². The summed E-state index contributed by atoms with van der Waals surface area (Å²) >= 11 is 0. The Kier molecular flexibility index (Phi) is 2.18. The first kappa shape index (κ1) is 10.3. The van der Waals surface area contributed by atoms with Crippen LogP contribution in [0.2, 0.25) is 0 Å². The first-order chi connectivity index (χ1) is 8.18. The quantitative estimate of drug-likeness (QED) is 0.614. The van der Waals surface area contributed by atoms with E-state index in [9.17, 15) is 0 Å². The summed E-state index contributed by atoms with van der Waals surface area (Å²) in [6, 6.07) is 12.8. The maximum absolute atomic E-state index is 4.80. The molecule has 0 saturated heterocycles. The van der Waals surface area contributed by atoms with Gasteiger partial charge < -0.3 is 4.57 Å². The number of benzene rings is 2. The molecule has 0 bridgehead atoms. The molecule has 2 nitrogen and oxygen atoms in total. The highest BCUT2D eigenvalue weighted by Gasteiger charge is 2.12. The number of rotatable bonds is 1. The molecule has 2 aromatic carbocycles.